The van der Waals surface area contributed by atoms with E-state index in [2.05, 4.69) is 24.3 Å². The highest BCUT2D eigenvalue weighted by atomic mass is 32.2. The smallest absolute Gasteiger partial charge is 0.247 e. The van der Waals surface area contributed by atoms with Crippen LogP contribution in [0, 0.1) is 11.8 Å². The van der Waals surface area contributed by atoms with E-state index in [1.165, 1.54) is 6.42 Å². The van der Waals surface area contributed by atoms with Gasteiger partial charge in [-0.25, -0.2) is 0 Å². The number of fused-ring (bicyclic) bond motifs is 2. The van der Waals surface area contributed by atoms with Gasteiger partial charge in [0, 0.05) is 44.1 Å². The zero-order chi connectivity index (χ0) is 27.0. The summed E-state index contributed by atoms with van der Waals surface area (Å²) in [5.74, 6) is -1.12. The number of rotatable bonds is 7. The topological polar surface area (TPSA) is 81.2 Å². The highest BCUT2D eigenvalue weighted by molar-refractivity contribution is 8.02. The number of hydrogen-bond acceptors (Lipinski definition) is 5. The van der Waals surface area contributed by atoms with Crippen molar-refractivity contribution in [2.24, 2.45) is 11.8 Å². The van der Waals surface area contributed by atoms with Gasteiger partial charge in [-0.1, -0.05) is 73.9 Å². The maximum atomic E-state index is 14.4. The van der Waals surface area contributed by atoms with Gasteiger partial charge in [-0.15, -0.1) is 11.8 Å². The maximum absolute atomic E-state index is 14.4. The number of aliphatic hydroxyl groups is 1. The Bertz CT molecular complexity index is 1150. The van der Waals surface area contributed by atoms with Gasteiger partial charge < -0.3 is 19.8 Å². The Morgan fingerprint density at radius 2 is 1.72 bits per heavy atom. The molecule has 4 heterocycles. The minimum atomic E-state index is -0.762. The Morgan fingerprint density at radius 3 is 2.49 bits per heavy atom. The molecule has 4 aliphatic heterocycles. The molecule has 5 atom stereocenters. The molecular weight excluding hydrogens is 510 g/mol. The molecule has 0 bridgehead atoms. The summed E-state index contributed by atoms with van der Waals surface area (Å²) in [5.41, 5.74) is 1.06. The molecule has 1 unspecified atom stereocenters. The fraction of sp³-hybridized carbons (Fsp3) is 0.581. The SMILES string of the molecule is O=C1[C@@H]2[C@H](C=CCN1Cc1ccccc1)S[C@]13C=CCN(C4CCCCC4)C(=O)C1N(CCCCO)C(=O)[C@H]23. The molecule has 5 aliphatic rings. The molecule has 1 N–H and O–H groups in total. The number of hydrogen-bond donors (Lipinski definition) is 1. The van der Waals surface area contributed by atoms with Crippen LogP contribution in [-0.4, -0.2) is 85.8 Å². The number of aliphatic hydroxyl groups excluding tert-OH is 1. The van der Waals surface area contributed by atoms with Gasteiger partial charge in [0.1, 0.15) is 6.04 Å². The average Bonchev–Trinajstić information content (AvgIpc) is 3.27. The molecule has 1 aromatic rings. The molecule has 3 fully saturated rings. The van der Waals surface area contributed by atoms with E-state index in [1.807, 2.05) is 40.1 Å². The van der Waals surface area contributed by atoms with Crippen molar-refractivity contribution in [1.82, 2.24) is 14.7 Å². The first-order chi connectivity index (χ1) is 19.0. The lowest BCUT2D eigenvalue weighted by Crippen LogP contribution is -2.55. The summed E-state index contributed by atoms with van der Waals surface area (Å²) >= 11 is 1.65. The van der Waals surface area contributed by atoms with Crippen LogP contribution in [0.2, 0.25) is 0 Å². The molecule has 1 aromatic carbocycles. The van der Waals surface area contributed by atoms with Gasteiger partial charge in [0.15, 0.2) is 0 Å². The van der Waals surface area contributed by atoms with Crippen molar-refractivity contribution in [3.63, 3.8) is 0 Å². The van der Waals surface area contributed by atoms with E-state index >= 15 is 0 Å². The predicted octanol–water partition coefficient (Wildman–Crippen LogP) is 3.39. The van der Waals surface area contributed by atoms with E-state index in [-0.39, 0.29) is 35.6 Å². The summed E-state index contributed by atoms with van der Waals surface area (Å²) in [6, 6.07) is 9.56. The van der Waals surface area contributed by atoms with E-state index in [0.717, 1.165) is 31.2 Å². The summed E-state index contributed by atoms with van der Waals surface area (Å²) in [6.07, 6.45) is 15.1. The van der Waals surface area contributed by atoms with Crippen LogP contribution in [0.3, 0.4) is 0 Å². The van der Waals surface area contributed by atoms with Crippen LogP contribution in [0.5, 0.6) is 0 Å². The number of carbonyl (C=O) groups excluding carboxylic acids is 3. The molecule has 7 nitrogen and oxygen atoms in total. The van der Waals surface area contributed by atoms with Crippen molar-refractivity contribution in [3.8, 4) is 0 Å². The van der Waals surface area contributed by atoms with Crippen LogP contribution < -0.4 is 0 Å². The molecule has 0 radical (unpaired) electrons. The number of unbranched alkanes of at least 4 members (excludes halogenated alkanes) is 1. The second-order valence-electron chi connectivity index (χ2n) is 11.6. The lowest BCUT2D eigenvalue weighted by Gasteiger charge is -2.39. The summed E-state index contributed by atoms with van der Waals surface area (Å²) in [7, 11) is 0. The number of thioether (sulfide) groups is 1. The summed E-state index contributed by atoms with van der Waals surface area (Å²) < 4.78 is -0.762. The molecule has 2 saturated heterocycles. The van der Waals surface area contributed by atoms with Crippen LogP contribution >= 0.6 is 11.8 Å². The van der Waals surface area contributed by atoms with Crippen LogP contribution in [-0.2, 0) is 20.9 Å². The van der Waals surface area contributed by atoms with Crippen LogP contribution in [0.1, 0.15) is 50.5 Å². The normalized spacial score (nSPS) is 32.7. The summed E-state index contributed by atoms with van der Waals surface area (Å²) in [4.78, 5) is 48.6. The number of amides is 3. The van der Waals surface area contributed by atoms with Crippen molar-refractivity contribution in [1.29, 1.82) is 0 Å². The van der Waals surface area contributed by atoms with E-state index in [0.29, 0.717) is 39.0 Å². The lowest BCUT2D eigenvalue weighted by molar-refractivity contribution is -0.145. The Labute approximate surface area is 235 Å². The van der Waals surface area contributed by atoms with Crippen LogP contribution in [0.15, 0.2) is 54.6 Å². The third-order valence-corrected chi connectivity index (χ3v) is 11.1. The zero-order valence-electron chi connectivity index (χ0n) is 22.5. The minimum absolute atomic E-state index is 0.00164. The van der Waals surface area contributed by atoms with Gasteiger partial charge in [0.05, 0.1) is 16.6 Å². The first kappa shape index (κ1) is 26.6. The van der Waals surface area contributed by atoms with Crippen molar-refractivity contribution >= 4 is 29.5 Å². The lowest BCUT2D eigenvalue weighted by atomic mass is 9.78. The van der Waals surface area contributed by atoms with Gasteiger partial charge in [-0.05, 0) is 31.2 Å². The fourth-order valence-electron chi connectivity index (χ4n) is 7.51. The Kier molecular flexibility index (Phi) is 7.60. The monoisotopic (exact) mass is 549 g/mol. The van der Waals surface area contributed by atoms with Gasteiger partial charge in [0.2, 0.25) is 17.7 Å². The van der Waals surface area contributed by atoms with Crippen molar-refractivity contribution in [3.05, 3.63) is 60.2 Å². The van der Waals surface area contributed by atoms with E-state index in [4.69, 9.17) is 0 Å². The molecule has 39 heavy (non-hydrogen) atoms. The highest BCUT2D eigenvalue weighted by Crippen LogP contribution is 2.61. The third-order valence-electron chi connectivity index (χ3n) is 9.31. The molecule has 6 rings (SSSR count). The third kappa shape index (κ3) is 4.63. The molecular formula is C31H39N3O4S. The van der Waals surface area contributed by atoms with Crippen molar-refractivity contribution < 1.29 is 19.5 Å². The standard InChI is InChI=1S/C31H39N3O4S/c35-20-8-7-18-34-27-30(38)33(23-13-5-2-6-14-23)19-10-16-31(27)26(29(34)37)25-24(39-31)15-9-17-32(28(25)36)21-22-11-3-1-4-12-22/h1,3-4,9-12,15-16,23-27,35H,2,5-8,13-14,17-21H2/t24-,25+,26-,27?,31-/m0/s1. The molecule has 8 heteroatoms. The largest absolute Gasteiger partial charge is 0.396 e. The Morgan fingerprint density at radius 1 is 0.923 bits per heavy atom. The van der Waals surface area contributed by atoms with Gasteiger partial charge in [-0.2, -0.15) is 0 Å². The zero-order valence-corrected chi connectivity index (χ0v) is 23.3. The number of benzene rings is 1. The summed E-state index contributed by atoms with van der Waals surface area (Å²) in [6.45, 7) is 2.06. The van der Waals surface area contributed by atoms with Crippen molar-refractivity contribution in [2.75, 3.05) is 26.2 Å². The van der Waals surface area contributed by atoms with E-state index < -0.39 is 22.6 Å². The number of likely N-dealkylation sites (tertiary alicyclic amines) is 1. The fourth-order valence-corrected chi connectivity index (χ4v) is 9.51. The minimum Gasteiger partial charge on any atom is -0.396 e. The van der Waals surface area contributed by atoms with Gasteiger partial charge in [-0.3, -0.25) is 14.4 Å². The van der Waals surface area contributed by atoms with Crippen LogP contribution in [0.4, 0.5) is 0 Å². The Balaban J connectivity index is 1.36. The molecule has 1 spiro atoms. The molecule has 1 saturated carbocycles. The number of nitrogens with zero attached hydrogens (tertiary/aromatic N) is 3. The van der Waals surface area contributed by atoms with Gasteiger partial charge >= 0.3 is 0 Å². The highest BCUT2D eigenvalue weighted by Gasteiger charge is 2.71. The quantitative estimate of drug-likeness (QED) is 0.417. The van der Waals surface area contributed by atoms with E-state index in [9.17, 15) is 19.5 Å². The second-order valence-corrected chi connectivity index (χ2v) is 13.1. The first-order valence-corrected chi connectivity index (χ1v) is 15.5. The number of carbonyl (C=O) groups is 3. The average molecular weight is 550 g/mol. The van der Waals surface area contributed by atoms with Gasteiger partial charge in [0.25, 0.3) is 0 Å². The molecule has 3 amide bonds. The summed E-state index contributed by atoms with van der Waals surface area (Å²) in [5, 5.41) is 9.28. The Hall–Kier alpha value is -2.58. The maximum Gasteiger partial charge on any atom is 0.247 e. The van der Waals surface area contributed by atoms with Crippen LogP contribution in [0.25, 0.3) is 0 Å². The van der Waals surface area contributed by atoms with E-state index in [1.54, 1.807) is 16.7 Å². The first-order valence-electron chi connectivity index (χ1n) is 14.6. The second kappa shape index (κ2) is 11.1. The molecule has 1 aliphatic carbocycles. The van der Waals surface area contributed by atoms with Crippen molar-refractivity contribution in [2.45, 2.75) is 73.6 Å². The molecule has 0 aromatic heterocycles. The molecule has 208 valence electrons. The predicted molar refractivity (Wildman–Crippen MR) is 152 cm³/mol.